The molecule has 1 rings (SSSR count). The Balaban J connectivity index is 2.62. The first kappa shape index (κ1) is 16.6. The topological polar surface area (TPSA) is 66.5 Å². The predicted octanol–water partition coefficient (Wildman–Crippen LogP) is 0.766. The molecule has 0 aliphatic heterocycles. The Morgan fingerprint density at radius 2 is 1.95 bits per heavy atom. The van der Waals surface area contributed by atoms with Crippen molar-refractivity contribution < 1.29 is 17.6 Å². The molecule has 0 heterocycles. The normalized spacial score (nSPS) is 11.6. The molecule has 0 aliphatic rings. The summed E-state index contributed by atoms with van der Waals surface area (Å²) in [6.07, 6.45) is 1.39. The summed E-state index contributed by atoms with van der Waals surface area (Å²) in [6.45, 7) is 1.95. The number of halogens is 1. The summed E-state index contributed by atoms with van der Waals surface area (Å²) in [6, 6.07) is 6.27. The van der Waals surface area contributed by atoms with Crippen LogP contribution in [-0.4, -0.2) is 44.5 Å². The zero-order valence-corrected chi connectivity index (χ0v) is 12.4. The van der Waals surface area contributed by atoms with Crippen LogP contribution in [0.5, 0.6) is 0 Å². The summed E-state index contributed by atoms with van der Waals surface area (Å²) >= 11 is 0. The van der Waals surface area contributed by atoms with Crippen LogP contribution in [0, 0.1) is 5.82 Å². The van der Waals surface area contributed by atoms with Crippen molar-refractivity contribution in [3.63, 3.8) is 0 Å². The monoisotopic (exact) mass is 302 g/mol. The van der Waals surface area contributed by atoms with Crippen LogP contribution < -0.4 is 5.32 Å². The first-order chi connectivity index (χ1) is 9.30. The molecular weight excluding hydrogens is 283 g/mol. The molecule has 1 aromatic rings. The molecule has 0 fully saturated rings. The van der Waals surface area contributed by atoms with Crippen LogP contribution in [0.1, 0.15) is 12.5 Å². The molecule has 0 saturated heterocycles. The Morgan fingerprint density at radius 3 is 2.50 bits per heavy atom. The Kier molecular flexibility index (Phi) is 6.09. The third-order valence-electron chi connectivity index (χ3n) is 2.79. The number of hydrogen-bond donors (Lipinski definition) is 1. The van der Waals surface area contributed by atoms with Crippen molar-refractivity contribution in [2.24, 2.45) is 0 Å². The highest BCUT2D eigenvalue weighted by molar-refractivity contribution is 7.88. The van der Waals surface area contributed by atoms with Crippen molar-refractivity contribution in [3.05, 3.63) is 35.6 Å². The minimum absolute atomic E-state index is 0.173. The SMILES string of the molecule is CC(=O)NCCN(CCc1ccccc1F)S(C)(=O)=O. The van der Waals surface area contributed by atoms with Crippen LogP contribution in [0.4, 0.5) is 4.39 Å². The van der Waals surface area contributed by atoms with E-state index in [9.17, 15) is 17.6 Å². The van der Waals surface area contributed by atoms with Gasteiger partial charge in [-0.1, -0.05) is 18.2 Å². The van der Waals surface area contributed by atoms with E-state index in [0.29, 0.717) is 12.0 Å². The van der Waals surface area contributed by atoms with E-state index < -0.39 is 10.0 Å². The lowest BCUT2D eigenvalue weighted by atomic mass is 10.1. The van der Waals surface area contributed by atoms with E-state index in [4.69, 9.17) is 0 Å². The number of benzene rings is 1. The molecule has 0 atom stereocenters. The van der Waals surface area contributed by atoms with Gasteiger partial charge in [-0.3, -0.25) is 4.79 Å². The summed E-state index contributed by atoms with van der Waals surface area (Å²) in [7, 11) is -3.39. The second-order valence-corrected chi connectivity index (χ2v) is 6.47. The van der Waals surface area contributed by atoms with Crippen LogP contribution in [0.3, 0.4) is 0 Å². The summed E-state index contributed by atoms with van der Waals surface area (Å²) < 4.78 is 38.0. The molecule has 0 spiro atoms. The number of sulfonamides is 1. The lowest BCUT2D eigenvalue weighted by Crippen LogP contribution is -2.38. The fraction of sp³-hybridized carbons (Fsp3) is 0.462. The van der Waals surface area contributed by atoms with E-state index in [1.807, 2.05) is 0 Å². The minimum Gasteiger partial charge on any atom is -0.355 e. The van der Waals surface area contributed by atoms with Crippen molar-refractivity contribution in [1.82, 2.24) is 9.62 Å². The van der Waals surface area contributed by atoms with Gasteiger partial charge in [-0.2, -0.15) is 0 Å². The van der Waals surface area contributed by atoms with Crippen LogP contribution >= 0.6 is 0 Å². The van der Waals surface area contributed by atoms with Crippen molar-refractivity contribution in [2.45, 2.75) is 13.3 Å². The van der Waals surface area contributed by atoms with Gasteiger partial charge in [0.1, 0.15) is 5.82 Å². The van der Waals surface area contributed by atoms with E-state index in [0.717, 1.165) is 6.26 Å². The van der Waals surface area contributed by atoms with Crippen LogP contribution in [0.15, 0.2) is 24.3 Å². The highest BCUT2D eigenvalue weighted by Crippen LogP contribution is 2.09. The molecular formula is C13H19FN2O3S. The molecule has 7 heteroatoms. The zero-order chi connectivity index (χ0) is 15.2. The van der Waals surface area contributed by atoms with Gasteiger partial charge in [-0.25, -0.2) is 17.1 Å². The second-order valence-electron chi connectivity index (χ2n) is 4.49. The van der Waals surface area contributed by atoms with Gasteiger partial charge < -0.3 is 5.32 Å². The third kappa shape index (κ3) is 5.66. The molecule has 0 saturated carbocycles. The first-order valence-corrected chi connectivity index (χ1v) is 8.08. The largest absolute Gasteiger partial charge is 0.355 e. The number of nitrogens with one attached hydrogen (secondary N) is 1. The molecule has 5 nitrogen and oxygen atoms in total. The summed E-state index contributed by atoms with van der Waals surface area (Å²) in [4.78, 5) is 10.8. The van der Waals surface area contributed by atoms with E-state index in [1.54, 1.807) is 18.2 Å². The smallest absolute Gasteiger partial charge is 0.216 e. The van der Waals surface area contributed by atoms with Gasteiger partial charge in [0.15, 0.2) is 0 Å². The Morgan fingerprint density at radius 1 is 1.30 bits per heavy atom. The van der Waals surface area contributed by atoms with Gasteiger partial charge in [0, 0.05) is 26.6 Å². The average Bonchev–Trinajstić information content (AvgIpc) is 2.33. The molecule has 1 N–H and O–H groups in total. The summed E-state index contributed by atoms with van der Waals surface area (Å²) in [5.74, 6) is -0.560. The molecule has 0 aliphatic carbocycles. The van der Waals surface area contributed by atoms with Gasteiger partial charge in [0.25, 0.3) is 0 Å². The number of nitrogens with zero attached hydrogens (tertiary/aromatic N) is 1. The highest BCUT2D eigenvalue weighted by atomic mass is 32.2. The van der Waals surface area contributed by atoms with Gasteiger partial charge in [-0.15, -0.1) is 0 Å². The number of carbonyl (C=O) groups excluding carboxylic acids is 1. The van der Waals surface area contributed by atoms with Crippen LogP contribution in [-0.2, 0) is 21.2 Å². The maximum atomic E-state index is 13.5. The molecule has 0 unspecified atom stereocenters. The van der Waals surface area contributed by atoms with E-state index >= 15 is 0 Å². The molecule has 112 valence electrons. The Hall–Kier alpha value is -1.47. The summed E-state index contributed by atoms with van der Waals surface area (Å²) in [5.41, 5.74) is 0.473. The number of carbonyl (C=O) groups is 1. The average molecular weight is 302 g/mol. The van der Waals surface area contributed by atoms with Gasteiger partial charge in [0.2, 0.25) is 15.9 Å². The third-order valence-corrected chi connectivity index (χ3v) is 4.10. The van der Waals surface area contributed by atoms with Crippen molar-refractivity contribution in [3.8, 4) is 0 Å². The van der Waals surface area contributed by atoms with Crippen molar-refractivity contribution in [2.75, 3.05) is 25.9 Å². The maximum absolute atomic E-state index is 13.5. The number of amides is 1. The standard InChI is InChI=1S/C13H19FN2O3S/c1-11(17)15-8-10-16(20(2,18)19)9-7-12-5-3-4-6-13(12)14/h3-6H,7-10H2,1-2H3,(H,15,17). The molecule has 0 radical (unpaired) electrons. The van der Waals surface area contributed by atoms with Crippen molar-refractivity contribution in [1.29, 1.82) is 0 Å². The fourth-order valence-electron chi connectivity index (χ4n) is 1.75. The maximum Gasteiger partial charge on any atom is 0.216 e. The van der Waals surface area contributed by atoms with E-state index in [1.165, 1.54) is 17.3 Å². The van der Waals surface area contributed by atoms with Gasteiger partial charge >= 0.3 is 0 Å². The quantitative estimate of drug-likeness (QED) is 0.809. The number of hydrogen-bond acceptors (Lipinski definition) is 3. The lowest BCUT2D eigenvalue weighted by molar-refractivity contribution is -0.118. The number of rotatable bonds is 7. The first-order valence-electron chi connectivity index (χ1n) is 6.23. The fourth-order valence-corrected chi connectivity index (χ4v) is 2.59. The lowest BCUT2D eigenvalue weighted by Gasteiger charge is -2.20. The van der Waals surface area contributed by atoms with Crippen molar-refractivity contribution >= 4 is 15.9 Å². The Bertz CT molecular complexity index is 560. The van der Waals surface area contributed by atoms with Crippen LogP contribution in [0.2, 0.25) is 0 Å². The molecule has 0 aromatic heterocycles. The minimum atomic E-state index is -3.39. The van der Waals surface area contributed by atoms with Gasteiger partial charge in [0.05, 0.1) is 6.26 Å². The summed E-state index contributed by atoms with van der Waals surface area (Å²) in [5, 5.41) is 2.54. The molecule has 20 heavy (non-hydrogen) atoms. The second kappa shape index (κ2) is 7.35. The van der Waals surface area contributed by atoms with E-state index in [-0.39, 0.29) is 31.4 Å². The zero-order valence-electron chi connectivity index (χ0n) is 11.6. The Labute approximate surface area is 118 Å². The molecule has 0 bridgehead atoms. The predicted molar refractivity (Wildman–Crippen MR) is 75.2 cm³/mol. The van der Waals surface area contributed by atoms with Crippen LogP contribution in [0.25, 0.3) is 0 Å². The highest BCUT2D eigenvalue weighted by Gasteiger charge is 2.16. The van der Waals surface area contributed by atoms with E-state index in [2.05, 4.69) is 5.32 Å². The molecule has 1 amide bonds. The van der Waals surface area contributed by atoms with Gasteiger partial charge in [-0.05, 0) is 18.1 Å². The molecule has 1 aromatic carbocycles.